The minimum atomic E-state index is -0.740. The van der Waals surface area contributed by atoms with Crippen molar-refractivity contribution in [2.24, 2.45) is 17.8 Å². The van der Waals surface area contributed by atoms with Crippen molar-refractivity contribution < 1.29 is 33.7 Å². The second-order valence-corrected chi connectivity index (χ2v) is 11.6. The molecule has 1 fully saturated rings. The smallest absolute Gasteiger partial charge is 0.338 e. The Balaban J connectivity index is 1.81. The van der Waals surface area contributed by atoms with E-state index in [-0.39, 0.29) is 23.7 Å². The molecular formula is C37H46O7. The lowest BCUT2D eigenvalue weighted by atomic mass is 9.88. The number of benzene rings is 2. The first-order valence-electron chi connectivity index (χ1n) is 15.4. The minimum Gasteiger partial charge on any atom is -0.469 e. The van der Waals surface area contributed by atoms with Crippen LogP contribution in [0.3, 0.4) is 0 Å². The van der Waals surface area contributed by atoms with E-state index in [4.69, 9.17) is 14.2 Å². The van der Waals surface area contributed by atoms with Gasteiger partial charge >= 0.3 is 17.9 Å². The van der Waals surface area contributed by atoms with Crippen LogP contribution in [0.15, 0.2) is 96.6 Å². The molecule has 1 aliphatic carbocycles. The fourth-order valence-corrected chi connectivity index (χ4v) is 5.34. The fraction of sp³-hybridized carbons (Fsp3) is 0.432. The number of hydrogen-bond acceptors (Lipinski definition) is 7. The molecule has 0 amide bonds. The molecular weight excluding hydrogens is 556 g/mol. The lowest BCUT2D eigenvalue weighted by molar-refractivity contribution is -0.140. The number of esters is 3. The van der Waals surface area contributed by atoms with E-state index in [1.807, 2.05) is 57.2 Å². The van der Waals surface area contributed by atoms with Gasteiger partial charge in [-0.25, -0.2) is 9.59 Å². The van der Waals surface area contributed by atoms with E-state index in [0.29, 0.717) is 43.2 Å². The summed E-state index contributed by atoms with van der Waals surface area (Å²) in [5, 5.41) is 11.2. The number of allylic oxidation sites excluding steroid dienone is 4. The number of aliphatic hydroxyl groups excluding tert-OH is 1. The maximum absolute atomic E-state index is 13.0. The van der Waals surface area contributed by atoms with Gasteiger partial charge < -0.3 is 19.3 Å². The predicted molar refractivity (Wildman–Crippen MR) is 171 cm³/mol. The van der Waals surface area contributed by atoms with Gasteiger partial charge in [-0.3, -0.25) is 4.79 Å². The summed E-state index contributed by atoms with van der Waals surface area (Å²) in [6.07, 6.45) is 11.5. The first-order valence-corrected chi connectivity index (χ1v) is 15.4. The summed E-state index contributed by atoms with van der Waals surface area (Å²) in [5.41, 5.74) is 2.12. The van der Waals surface area contributed by atoms with Crippen molar-refractivity contribution in [3.8, 4) is 0 Å². The van der Waals surface area contributed by atoms with E-state index in [0.717, 1.165) is 6.42 Å². The highest BCUT2D eigenvalue weighted by molar-refractivity contribution is 5.90. The molecule has 0 aromatic heterocycles. The van der Waals surface area contributed by atoms with Gasteiger partial charge in [0.05, 0.1) is 24.3 Å². The molecule has 1 aliphatic rings. The Kier molecular flexibility index (Phi) is 14.1. The number of methoxy groups -OCH3 is 1. The molecule has 0 heterocycles. The van der Waals surface area contributed by atoms with E-state index >= 15 is 0 Å². The van der Waals surface area contributed by atoms with Crippen LogP contribution in [0.2, 0.25) is 0 Å². The van der Waals surface area contributed by atoms with Gasteiger partial charge in [-0.15, -0.1) is 0 Å². The zero-order chi connectivity index (χ0) is 31.9. The van der Waals surface area contributed by atoms with Crippen molar-refractivity contribution in [1.29, 1.82) is 0 Å². The predicted octanol–water partition coefficient (Wildman–Crippen LogP) is 7.27. The van der Waals surface area contributed by atoms with Crippen molar-refractivity contribution in [3.63, 3.8) is 0 Å². The van der Waals surface area contributed by atoms with Crippen LogP contribution < -0.4 is 0 Å². The molecule has 2 aromatic carbocycles. The summed E-state index contributed by atoms with van der Waals surface area (Å²) in [7, 11) is 1.38. The Labute approximate surface area is 261 Å². The van der Waals surface area contributed by atoms with Gasteiger partial charge in [-0.05, 0) is 69.9 Å². The second kappa shape index (κ2) is 18.0. The highest BCUT2D eigenvalue weighted by Crippen LogP contribution is 2.39. The van der Waals surface area contributed by atoms with Gasteiger partial charge in [0.15, 0.2) is 0 Å². The lowest BCUT2D eigenvalue weighted by Crippen LogP contribution is -2.26. The summed E-state index contributed by atoms with van der Waals surface area (Å²) in [6, 6.07) is 17.7. The number of hydrogen-bond donors (Lipinski definition) is 1. The molecule has 44 heavy (non-hydrogen) atoms. The van der Waals surface area contributed by atoms with Gasteiger partial charge in [0.1, 0.15) is 12.2 Å². The Hall–Kier alpha value is -3.97. The van der Waals surface area contributed by atoms with Crippen LogP contribution in [0.25, 0.3) is 0 Å². The number of carbonyl (C=O) groups excluding carboxylic acids is 3. The van der Waals surface area contributed by atoms with Crippen LogP contribution >= 0.6 is 0 Å². The van der Waals surface area contributed by atoms with Crippen LogP contribution in [0.1, 0.15) is 80.0 Å². The zero-order valence-corrected chi connectivity index (χ0v) is 26.3. The Morgan fingerprint density at radius 2 is 1.59 bits per heavy atom. The average Bonchev–Trinajstić information content (AvgIpc) is 3.32. The normalized spacial score (nSPS) is 21.1. The van der Waals surface area contributed by atoms with Crippen molar-refractivity contribution >= 4 is 17.9 Å². The summed E-state index contributed by atoms with van der Waals surface area (Å²) in [4.78, 5) is 37.4. The van der Waals surface area contributed by atoms with E-state index in [9.17, 15) is 19.5 Å². The monoisotopic (exact) mass is 602 g/mol. The standard InChI is InChI=1S/C37H46O7/c1-26(2)21-22-27(3)33(43-36(40)28-15-9-7-10-16-28)24-23-30-31(19-13-5-6-14-20-35(39)42-4)34(25-32(30)38)44-37(41)29-17-11-8-12-18-29/h5,7-13,15-18,21,23-24,27,30-34,38H,6,14,19-20,22,25H2,1-4H3/t27?,30-,31-,32-,33-,34+/m1/s1. The molecule has 1 saturated carbocycles. The quantitative estimate of drug-likeness (QED) is 0.0990. The Morgan fingerprint density at radius 1 is 0.955 bits per heavy atom. The minimum absolute atomic E-state index is 0.00720. The molecule has 0 radical (unpaired) electrons. The van der Waals surface area contributed by atoms with Gasteiger partial charge in [0, 0.05) is 30.6 Å². The summed E-state index contributed by atoms with van der Waals surface area (Å²) in [5.74, 6) is -1.59. The average molecular weight is 603 g/mol. The third-order valence-corrected chi connectivity index (χ3v) is 7.95. The van der Waals surface area contributed by atoms with Crippen molar-refractivity contribution in [3.05, 3.63) is 108 Å². The molecule has 236 valence electrons. The molecule has 7 nitrogen and oxygen atoms in total. The fourth-order valence-electron chi connectivity index (χ4n) is 5.34. The molecule has 2 aromatic rings. The highest BCUT2D eigenvalue weighted by Gasteiger charge is 2.43. The Morgan fingerprint density at radius 3 is 2.20 bits per heavy atom. The van der Waals surface area contributed by atoms with E-state index in [2.05, 4.69) is 6.08 Å². The molecule has 1 unspecified atom stereocenters. The van der Waals surface area contributed by atoms with Gasteiger partial charge in [0.25, 0.3) is 0 Å². The summed E-state index contributed by atoms with van der Waals surface area (Å²) < 4.78 is 16.7. The van der Waals surface area contributed by atoms with Crippen LogP contribution in [0, 0.1) is 17.8 Å². The molecule has 6 atom stereocenters. The molecule has 0 saturated heterocycles. The van der Waals surface area contributed by atoms with Crippen LogP contribution in [-0.2, 0) is 19.0 Å². The topological polar surface area (TPSA) is 99.1 Å². The lowest BCUT2D eigenvalue weighted by Gasteiger charge is -2.24. The molecule has 1 N–H and O–H groups in total. The van der Waals surface area contributed by atoms with Crippen LogP contribution in [-0.4, -0.2) is 48.4 Å². The molecule has 0 spiro atoms. The largest absolute Gasteiger partial charge is 0.469 e. The SMILES string of the molecule is COC(=O)CCCC=CC[C@@H]1[C@@H](C=C[C@@H](OC(=O)c2ccccc2)C(C)CC=C(C)C)[C@H](O)C[C@@H]1OC(=O)c1ccccc1. The van der Waals surface area contributed by atoms with Crippen molar-refractivity contribution in [2.75, 3.05) is 7.11 Å². The van der Waals surface area contributed by atoms with Gasteiger partial charge in [0.2, 0.25) is 0 Å². The number of rotatable bonds is 15. The third kappa shape index (κ3) is 10.9. The molecule has 3 rings (SSSR count). The molecule has 0 aliphatic heterocycles. The van der Waals surface area contributed by atoms with Gasteiger partial charge in [-0.2, -0.15) is 0 Å². The maximum Gasteiger partial charge on any atom is 0.338 e. The highest BCUT2D eigenvalue weighted by atomic mass is 16.5. The number of unbranched alkanes of at least 4 members (excludes halogenated alkanes) is 1. The van der Waals surface area contributed by atoms with Crippen LogP contribution in [0.4, 0.5) is 0 Å². The molecule has 0 bridgehead atoms. The number of carbonyl (C=O) groups is 3. The van der Waals surface area contributed by atoms with E-state index in [1.165, 1.54) is 12.7 Å². The van der Waals surface area contributed by atoms with Gasteiger partial charge in [-0.1, -0.05) is 73.2 Å². The zero-order valence-electron chi connectivity index (χ0n) is 26.3. The van der Waals surface area contributed by atoms with Crippen molar-refractivity contribution in [2.45, 2.75) is 77.6 Å². The van der Waals surface area contributed by atoms with E-state index < -0.39 is 30.3 Å². The van der Waals surface area contributed by atoms with Crippen LogP contribution in [0.5, 0.6) is 0 Å². The maximum atomic E-state index is 13.0. The third-order valence-electron chi connectivity index (χ3n) is 7.95. The Bertz CT molecular complexity index is 1280. The number of ether oxygens (including phenoxy) is 3. The summed E-state index contributed by atoms with van der Waals surface area (Å²) >= 11 is 0. The summed E-state index contributed by atoms with van der Waals surface area (Å²) in [6.45, 7) is 6.11. The first kappa shape index (κ1) is 34.5. The molecule has 7 heteroatoms. The first-order chi connectivity index (χ1) is 21.2. The van der Waals surface area contributed by atoms with Crippen molar-refractivity contribution in [1.82, 2.24) is 0 Å². The van der Waals surface area contributed by atoms with E-state index in [1.54, 1.807) is 48.5 Å². The number of aliphatic hydroxyl groups is 1. The second-order valence-electron chi connectivity index (χ2n) is 11.6.